The molecule has 2 atom stereocenters. The first-order valence-corrected chi connectivity index (χ1v) is 9.53. The Bertz CT molecular complexity index is 751. The first kappa shape index (κ1) is 17.7. The van der Waals surface area contributed by atoms with Gasteiger partial charge in [-0.15, -0.1) is 0 Å². The molecule has 26 heavy (non-hydrogen) atoms. The highest BCUT2D eigenvalue weighted by Gasteiger charge is 2.32. The molecule has 0 bridgehead atoms. The number of nitrogens with zero attached hydrogens (tertiary/aromatic N) is 2. The van der Waals surface area contributed by atoms with E-state index in [1.54, 1.807) is 7.11 Å². The third-order valence-corrected chi connectivity index (χ3v) is 5.71. The molecule has 0 unspecified atom stereocenters. The van der Waals surface area contributed by atoms with Crippen LogP contribution in [0.25, 0.3) is 10.8 Å². The summed E-state index contributed by atoms with van der Waals surface area (Å²) >= 11 is 0. The molecule has 2 fully saturated rings. The number of ether oxygens (including phenoxy) is 2. The number of fused-ring (bicyclic) bond motifs is 1. The van der Waals surface area contributed by atoms with Crippen molar-refractivity contribution in [2.75, 3.05) is 46.5 Å². The molecule has 140 valence electrons. The third kappa shape index (κ3) is 3.58. The number of benzene rings is 2. The van der Waals surface area contributed by atoms with Crippen molar-refractivity contribution >= 4 is 10.8 Å². The molecule has 0 aromatic heterocycles. The third-order valence-electron chi connectivity index (χ3n) is 5.71. The van der Waals surface area contributed by atoms with Crippen molar-refractivity contribution in [3.05, 3.63) is 42.0 Å². The average molecular weight is 356 g/mol. The van der Waals surface area contributed by atoms with Gasteiger partial charge in [-0.25, -0.2) is 0 Å². The van der Waals surface area contributed by atoms with Gasteiger partial charge < -0.3 is 14.6 Å². The molecule has 0 amide bonds. The van der Waals surface area contributed by atoms with Gasteiger partial charge in [0, 0.05) is 25.2 Å². The minimum Gasteiger partial charge on any atom is -0.496 e. The quantitative estimate of drug-likeness (QED) is 0.909. The molecule has 0 aliphatic carbocycles. The van der Waals surface area contributed by atoms with Crippen LogP contribution in [0.2, 0.25) is 0 Å². The monoisotopic (exact) mass is 356 g/mol. The van der Waals surface area contributed by atoms with Crippen LogP contribution in [0.3, 0.4) is 0 Å². The van der Waals surface area contributed by atoms with Gasteiger partial charge in [0.1, 0.15) is 5.75 Å². The van der Waals surface area contributed by atoms with E-state index in [-0.39, 0.29) is 12.1 Å². The highest BCUT2D eigenvalue weighted by Crippen LogP contribution is 2.29. The van der Waals surface area contributed by atoms with Gasteiger partial charge in [-0.3, -0.25) is 9.80 Å². The Labute approximate surface area is 155 Å². The van der Waals surface area contributed by atoms with Crippen molar-refractivity contribution < 1.29 is 14.6 Å². The average Bonchev–Trinajstić information content (AvgIpc) is 2.96. The summed E-state index contributed by atoms with van der Waals surface area (Å²) in [6.07, 6.45) is 0.760. The molecule has 0 saturated carbocycles. The lowest BCUT2D eigenvalue weighted by Gasteiger charge is -2.28. The maximum Gasteiger partial charge on any atom is 0.123 e. The molecule has 2 aromatic carbocycles. The second-order valence-electron chi connectivity index (χ2n) is 7.31. The fourth-order valence-corrected chi connectivity index (χ4v) is 4.25. The van der Waals surface area contributed by atoms with E-state index >= 15 is 0 Å². The lowest BCUT2D eigenvalue weighted by atomic mass is 10.0. The van der Waals surface area contributed by atoms with Crippen LogP contribution in [0.4, 0.5) is 0 Å². The zero-order valence-electron chi connectivity index (χ0n) is 15.4. The van der Waals surface area contributed by atoms with Gasteiger partial charge in [-0.05, 0) is 36.3 Å². The number of methoxy groups -OCH3 is 1. The minimum absolute atomic E-state index is 0.155. The van der Waals surface area contributed by atoms with E-state index < -0.39 is 0 Å². The van der Waals surface area contributed by atoms with Crippen LogP contribution in [-0.4, -0.2) is 73.6 Å². The predicted octanol–water partition coefficient (Wildman–Crippen LogP) is 2.12. The number of hydrogen-bond donors (Lipinski definition) is 1. The van der Waals surface area contributed by atoms with E-state index in [0.29, 0.717) is 13.2 Å². The molecular weight excluding hydrogens is 328 g/mol. The molecule has 2 saturated heterocycles. The molecular formula is C21H28N2O3. The zero-order chi connectivity index (χ0) is 17.9. The Morgan fingerprint density at radius 2 is 1.96 bits per heavy atom. The number of rotatable bonds is 4. The van der Waals surface area contributed by atoms with Gasteiger partial charge >= 0.3 is 0 Å². The summed E-state index contributed by atoms with van der Waals surface area (Å²) < 4.78 is 11.1. The molecule has 2 aromatic rings. The van der Waals surface area contributed by atoms with Crippen LogP contribution in [-0.2, 0) is 11.3 Å². The van der Waals surface area contributed by atoms with Crippen LogP contribution < -0.4 is 4.74 Å². The summed E-state index contributed by atoms with van der Waals surface area (Å²) in [5, 5.41) is 12.7. The van der Waals surface area contributed by atoms with Crippen molar-refractivity contribution in [2.45, 2.75) is 25.1 Å². The topological polar surface area (TPSA) is 45.2 Å². The summed E-state index contributed by atoms with van der Waals surface area (Å²) in [5.74, 6) is 0.962. The number of aliphatic hydroxyl groups is 1. The first-order chi connectivity index (χ1) is 12.8. The second-order valence-corrected chi connectivity index (χ2v) is 7.31. The van der Waals surface area contributed by atoms with E-state index in [9.17, 15) is 5.11 Å². The summed E-state index contributed by atoms with van der Waals surface area (Å²) in [5.41, 5.74) is 1.27. The van der Waals surface area contributed by atoms with Gasteiger partial charge in [-0.1, -0.05) is 30.3 Å². The van der Waals surface area contributed by atoms with Crippen LogP contribution in [0.1, 0.15) is 12.0 Å². The van der Waals surface area contributed by atoms with Crippen LogP contribution >= 0.6 is 0 Å². The maximum atomic E-state index is 10.1. The van der Waals surface area contributed by atoms with Gasteiger partial charge in [0.05, 0.1) is 32.5 Å². The minimum atomic E-state index is -0.347. The molecule has 2 aliphatic rings. The predicted molar refractivity (Wildman–Crippen MR) is 103 cm³/mol. The summed E-state index contributed by atoms with van der Waals surface area (Å²) in [7, 11) is 1.75. The van der Waals surface area contributed by atoms with E-state index in [4.69, 9.17) is 9.47 Å². The highest BCUT2D eigenvalue weighted by molar-refractivity contribution is 5.87. The normalized spacial score (nSPS) is 25.5. The van der Waals surface area contributed by atoms with Crippen molar-refractivity contribution in [1.82, 2.24) is 9.80 Å². The van der Waals surface area contributed by atoms with Gasteiger partial charge in [0.2, 0.25) is 0 Å². The molecule has 0 spiro atoms. The van der Waals surface area contributed by atoms with Crippen LogP contribution in [0.5, 0.6) is 5.75 Å². The number of hydrogen-bond acceptors (Lipinski definition) is 5. The van der Waals surface area contributed by atoms with E-state index in [2.05, 4.69) is 46.2 Å². The van der Waals surface area contributed by atoms with Crippen molar-refractivity contribution in [1.29, 1.82) is 0 Å². The molecule has 1 N–H and O–H groups in total. The molecule has 5 heteroatoms. The smallest absolute Gasteiger partial charge is 0.123 e. The Morgan fingerprint density at radius 3 is 2.77 bits per heavy atom. The largest absolute Gasteiger partial charge is 0.496 e. The zero-order valence-corrected chi connectivity index (χ0v) is 15.4. The maximum absolute atomic E-state index is 10.1. The van der Waals surface area contributed by atoms with E-state index in [1.165, 1.54) is 16.3 Å². The van der Waals surface area contributed by atoms with Gasteiger partial charge in [-0.2, -0.15) is 0 Å². The van der Waals surface area contributed by atoms with E-state index in [0.717, 1.165) is 44.9 Å². The fourth-order valence-electron chi connectivity index (χ4n) is 4.25. The number of aliphatic hydroxyl groups excluding tert-OH is 1. The standard InChI is InChI=1S/C21H28N2O3/c1-25-21-8-7-16-5-2-3-6-17(16)18(21)13-22-9-4-10-23(12-11-22)19-14-26-15-20(19)24/h2-3,5-8,19-20,24H,4,9-15H2,1H3/t19-,20-/m0/s1. The van der Waals surface area contributed by atoms with Gasteiger partial charge in [0.15, 0.2) is 0 Å². The first-order valence-electron chi connectivity index (χ1n) is 9.53. The molecule has 5 nitrogen and oxygen atoms in total. The second kappa shape index (κ2) is 7.92. The Kier molecular flexibility index (Phi) is 5.41. The van der Waals surface area contributed by atoms with Crippen LogP contribution in [0, 0.1) is 0 Å². The van der Waals surface area contributed by atoms with Crippen LogP contribution in [0.15, 0.2) is 36.4 Å². The molecule has 0 radical (unpaired) electrons. The summed E-state index contributed by atoms with van der Waals surface area (Å²) in [6, 6.07) is 12.9. The fraction of sp³-hybridized carbons (Fsp3) is 0.524. The summed E-state index contributed by atoms with van der Waals surface area (Å²) in [6.45, 7) is 6.06. The lowest BCUT2D eigenvalue weighted by molar-refractivity contribution is 0.0837. The molecule has 2 aliphatic heterocycles. The van der Waals surface area contributed by atoms with E-state index in [1.807, 2.05) is 0 Å². The van der Waals surface area contributed by atoms with Gasteiger partial charge in [0.25, 0.3) is 0 Å². The Balaban J connectivity index is 1.50. The Hall–Kier alpha value is -1.66. The van der Waals surface area contributed by atoms with Crippen molar-refractivity contribution in [3.8, 4) is 5.75 Å². The lowest BCUT2D eigenvalue weighted by Crippen LogP contribution is -2.44. The SMILES string of the molecule is COc1ccc2ccccc2c1CN1CCCN([C@H]2COC[C@@H]2O)CC1. The Morgan fingerprint density at radius 1 is 1.08 bits per heavy atom. The molecule has 4 rings (SSSR count). The molecule has 2 heterocycles. The highest BCUT2D eigenvalue weighted by atomic mass is 16.5. The summed E-state index contributed by atoms with van der Waals surface area (Å²) in [4.78, 5) is 4.91. The van der Waals surface area contributed by atoms with Crippen molar-refractivity contribution in [2.24, 2.45) is 0 Å². The van der Waals surface area contributed by atoms with Crippen molar-refractivity contribution in [3.63, 3.8) is 0 Å².